The highest BCUT2D eigenvalue weighted by molar-refractivity contribution is 5.78. The van der Waals surface area contributed by atoms with E-state index in [4.69, 9.17) is 0 Å². The molecule has 2 fully saturated rings. The molecular weight excluding hydrogens is 338 g/mol. The molecule has 1 saturated heterocycles. The highest BCUT2D eigenvalue weighted by Crippen LogP contribution is 2.35. The maximum atomic E-state index is 12.8. The number of benzene rings is 1. The fraction of sp³-hybridized carbons (Fsp3) is 0.650. The van der Waals surface area contributed by atoms with Crippen molar-refractivity contribution in [2.45, 2.75) is 57.7 Å². The van der Waals surface area contributed by atoms with Crippen LogP contribution in [-0.2, 0) is 11.3 Å². The minimum absolute atomic E-state index is 0.152. The van der Waals surface area contributed by atoms with Gasteiger partial charge >= 0.3 is 6.61 Å². The molecule has 1 amide bonds. The average Bonchev–Trinajstić information content (AvgIpc) is 2.62. The lowest BCUT2D eigenvalue weighted by atomic mass is 9.78. The summed E-state index contributed by atoms with van der Waals surface area (Å²) in [7, 11) is 1.92. The number of carbonyl (C=O) groups is 1. The molecule has 0 spiro atoms. The van der Waals surface area contributed by atoms with Gasteiger partial charge in [-0.15, -0.1) is 0 Å². The van der Waals surface area contributed by atoms with E-state index in [1.807, 2.05) is 11.9 Å². The van der Waals surface area contributed by atoms with Crippen LogP contribution >= 0.6 is 0 Å². The number of fused-ring (bicyclic) bond motifs is 1. The van der Waals surface area contributed by atoms with Gasteiger partial charge in [0, 0.05) is 19.1 Å². The molecule has 6 heteroatoms. The van der Waals surface area contributed by atoms with E-state index in [0.717, 1.165) is 24.9 Å². The van der Waals surface area contributed by atoms with Crippen LogP contribution in [0.3, 0.4) is 0 Å². The van der Waals surface area contributed by atoms with Crippen LogP contribution < -0.4 is 4.74 Å². The molecule has 1 aromatic carbocycles. The number of likely N-dealkylation sites (tertiary alicyclic amines) is 1. The van der Waals surface area contributed by atoms with E-state index in [9.17, 15) is 13.6 Å². The average molecular weight is 366 g/mol. The van der Waals surface area contributed by atoms with Crippen LogP contribution in [0.4, 0.5) is 8.78 Å². The molecule has 4 nitrogen and oxygen atoms in total. The first-order valence-corrected chi connectivity index (χ1v) is 9.54. The standard InChI is InChI=1S/C20H28F2N2O2/c1-23(13-15-8-10-17(11-9-15)26-20(21)22)14-19(25)24-12-4-6-16-5-2-3-7-18(16)24/h8-11,16,18,20H,2-7,12-14H2,1H3. The van der Waals surface area contributed by atoms with Crippen molar-refractivity contribution in [3.05, 3.63) is 29.8 Å². The van der Waals surface area contributed by atoms with Crippen molar-refractivity contribution >= 4 is 5.91 Å². The number of rotatable bonds is 6. The van der Waals surface area contributed by atoms with Gasteiger partial charge in [0.05, 0.1) is 6.54 Å². The van der Waals surface area contributed by atoms with Gasteiger partial charge in [-0.05, 0) is 56.3 Å². The number of amides is 1. The first kappa shape index (κ1) is 19.1. The Labute approximate surface area is 154 Å². The van der Waals surface area contributed by atoms with Gasteiger partial charge in [0.25, 0.3) is 0 Å². The highest BCUT2D eigenvalue weighted by atomic mass is 19.3. The van der Waals surface area contributed by atoms with Crippen LogP contribution in [0.15, 0.2) is 24.3 Å². The zero-order valence-electron chi connectivity index (χ0n) is 15.4. The monoisotopic (exact) mass is 366 g/mol. The molecule has 1 saturated carbocycles. The number of likely N-dealkylation sites (N-methyl/N-ethyl adjacent to an activating group) is 1. The second kappa shape index (κ2) is 8.80. The van der Waals surface area contributed by atoms with Crippen molar-refractivity contribution in [2.24, 2.45) is 5.92 Å². The Morgan fingerprint density at radius 1 is 1.19 bits per heavy atom. The van der Waals surface area contributed by atoms with E-state index in [1.54, 1.807) is 12.1 Å². The van der Waals surface area contributed by atoms with Crippen LogP contribution in [0.2, 0.25) is 0 Å². The zero-order chi connectivity index (χ0) is 18.5. The molecular formula is C20H28F2N2O2. The van der Waals surface area contributed by atoms with Gasteiger partial charge in [0.15, 0.2) is 0 Å². The normalized spacial score (nSPS) is 23.2. The predicted molar refractivity (Wildman–Crippen MR) is 96.1 cm³/mol. The second-order valence-corrected chi connectivity index (χ2v) is 7.54. The Balaban J connectivity index is 1.52. The van der Waals surface area contributed by atoms with Gasteiger partial charge in [-0.1, -0.05) is 25.0 Å². The number of ether oxygens (including phenoxy) is 1. The van der Waals surface area contributed by atoms with Crippen molar-refractivity contribution in [2.75, 3.05) is 20.1 Å². The smallest absolute Gasteiger partial charge is 0.387 e. The van der Waals surface area contributed by atoms with Crippen molar-refractivity contribution < 1.29 is 18.3 Å². The Hall–Kier alpha value is -1.69. The van der Waals surface area contributed by atoms with Gasteiger partial charge in [-0.3, -0.25) is 9.69 Å². The summed E-state index contributed by atoms with van der Waals surface area (Å²) in [6.07, 6.45) is 7.31. The van der Waals surface area contributed by atoms with E-state index >= 15 is 0 Å². The molecule has 0 aromatic heterocycles. The molecule has 1 heterocycles. The van der Waals surface area contributed by atoms with Gasteiger partial charge in [-0.25, -0.2) is 0 Å². The lowest BCUT2D eigenvalue weighted by Gasteiger charge is -2.44. The molecule has 144 valence electrons. The van der Waals surface area contributed by atoms with Gasteiger partial charge in [0.2, 0.25) is 5.91 Å². The van der Waals surface area contributed by atoms with Crippen LogP contribution in [-0.4, -0.2) is 48.5 Å². The second-order valence-electron chi connectivity index (χ2n) is 7.54. The zero-order valence-corrected chi connectivity index (χ0v) is 15.4. The van der Waals surface area contributed by atoms with Crippen molar-refractivity contribution in [1.82, 2.24) is 9.80 Å². The fourth-order valence-electron chi connectivity index (χ4n) is 4.40. The summed E-state index contributed by atoms with van der Waals surface area (Å²) in [5.41, 5.74) is 0.969. The molecule has 1 aliphatic carbocycles. The molecule has 2 unspecified atom stereocenters. The van der Waals surface area contributed by atoms with E-state index in [2.05, 4.69) is 9.64 Å². The topological polar surface area (TPSA) is 32.8 Å². The summed E-state index contributed by atoms with van der Waals surface area (Å²) in [5, 5.41) is 0. The van der Waals surface area contributed by atoms with E-state index < -0.39 is 6.61 Å². The molecule has 3 rings (SSSR count). The minimum atomic E-state index is -2.81. The molecule has 1 aromatic rings. The Morgan fingerprint density at radius 3 is 2.62 bits per heavy atom. The number of hydrogen-bond acceptors (Lipinski definition) is 3. The first-order chi connectivity index (χ1) is 12.5. The van der Waals surface area contributed by atoms with Gasteiger partial charge in [0.1, 0.15) is 5.75 Å². The Morgan fingerprint density at radius 2 is 1.88 bits per heavy atom. The fourth-order valence-corrected chi connectivity index (χ4v) is 4.40. The molecule has 2 aliphatic rings. The molecule has 0 bridgehead atoms. The summed E-state index contributed by atoms with van der Waals surface area (Å²) < 4.78 is 28.8. The summed E-state index contributed by atoms with van der Waals surface area (Å²) in [5.74, 6) is 1.05. The third-order valence-electron chi connectivity index (χ3n) is 5.57. The van der Waals surface area contributed by atoms with Crippen molar-refractivity contribution in [1.29, 1.82) is 0 Å². The summed E-state index contributed by atoms with van der Waals surface area (Å²) in [6.45, 7) is -0.941. The van der Waals surface area contributed by atoms with Gasteiger partial charge in [-0.2, -0.15) is 8.78 Å². The van der Waals surface area contributed by atoms with E-state index in [1.165, 1.54) is 37.8 Å². The van der Waals surface area contributed by atoms with E-state index in [0.29, 0.717) is 25.0 Å². The minimum Gasteiger partial charge on any atom is -0.435 e. The largest absolute Gasteiger partial charge is 0.435 e. The number of carbonyl (C=O) groups excluding carboxylic acids is 1. The van der Waals surface area contributed by atoms with Crippen LogP contribution in [0, 0.1) is 5.92 Å². The number of piperidine rings is 1. The number of halogens is 2. The Kier molecular flexibility index (Phi) is 6.46. The summed E-state index contributed by atoms with van der Waals surface area (Å²) in [4.78, 5) is 16.9. The SMILES string of the molecule is CN(CC(=O)N1CCCC2CCCCC21)Cc1ccc(OC(F)F)cc1. The lowest BCUT2D eigenvalue weighted by Crippen LogP contribution is -2.52. The third-order valence-corrected chi connectivity index (χ3v) is 5.57. The summed E-state index contributed by atoms with van der Waals surface area (Å²) >= 11 is 0. The molecule has 0 radical (unpaired) electrons. The molecule has 0 N–H and O–H groups in total. The quantitative estimate of drug-likeness (QED) is 0.765. The van der Waals surface area contributed by atoms with Crippen LogP contribution in [0.1, 0.15) is 44.1 Å². The van der Waals surface area contributed by atoms with E-state index in [-0.39, 0.29) is 11.7 Å². The lowest BCUT2D eigenvalue weighted by molar-refractivity contribution is -0.138. The number of alkyl halides is 2. The maximum Gasteiger partial charge on any atom is 0.387 e. The maximum absolute atomic E-state index is 12.8. The first-order valence-electron chi connectivity index (χ1n) is 9.54. The third kappa shape index (κ3) is 4.93. The van der Waals surface area contributed by atoms with Crippen LogP contribution in [0.25, 0.3) is 0 Å². The van der Waals surface area contributed by atoms with Crippen molar-refractivity contribution in [3.63, 3.8) is 0 Å². The molecule has 2 atom stereocenters. The number of hydrogen-bond donors (Lipinski definition) is 0. The number of nitrogens with zero attached hydrogens (tertiary/aromatic N) is 2. The molecule has 26 heavy (non-hydrogen) atoms. The molecule has 1 aliphatic heterocycles. The summed E-state index contributed by atoms with van der Waals surface area (Å²) in [6, 6.07) is 7.03. The van der Waals surface area contributed by atoms with Crippen molar-refractivity contribution in [3.8, 4) is 5.75 Å². The van der Waals surface area contributed by atoms with Gasteiger partial charge < -0.3 is 9.64 Å². The predicted octanol–water partition coefficient (Wildman–Crippen LogP) is 3.90. The highest BCUT2D eigenvalue weighted by Gasteiger charge is 2.35. The Bertz CT molecular complexity index is 592. The van der Waals surface area contributed by atoms with Crippen LogP contribution in [0.5, 0.6) is 5.75 Å².